The van der Waals surface area contributed by atoms with Crippen molar-refractivity contribution >= 4 is 5.97 Å². The first-order valence-corrected chi connectivity index (χ1v) is 12.7. The van der Waals surface area contributed by atoms with E-state index in [-0.39, 0.29) is 22.7 Å². The van der Waals surface area contributed by atoms with E-state index in [1.807, 2.05) is 0 Å². The van der Waals surface area contributed by atoms with Crippen molar-refractivity contribution in [2.45, 2.75) is 98.5 Å². The number of aliphatic hydroxyl groups is 1. The Balaban J connectivity index is 1.78. The molecule has 3 heteroatoms. The van der Waals surface area contributed by atoms with Gasteiger partial charge < -0.3 is 9.84 Å². The first kappa shape index (κ1) is 24.6. The molecule has 0 aromatic heterocycles. The second-order valence-corrected chi connectivity index (χ2v) is 11.8. The fourth-order valence-corrected chi connectivity index (χ4v) is 6.90. The summed E-state index contributed by atoms with van der Waals surface area (Å²) in [5, 5.41) is 10.2. The van der Waals surface area contributed by atoms with Gasteiger partial charge in [-0.25, -0.2) is 0 Å². The second-order valence-electron chi connectivity index (χ2n) is 11.8. The molecule has 176 valence electrons. The first-order chi connectivity index (χ1) is 14.5. The fourth-order valence-electron chi connectivity index (χ4n) is 6.90. The van der Waals surface area contributed by atoms with Gasteiger partial charge in [0.25, 0.3) is 0 Å². The average molecular weight is 431 g/mol. The van der Waals surface area contributed by atoms with Crippen LogP contribution in [-0.2, 0) is 9.53 Å². The fraction of sp³-hybridized carbons (Fsp3) is 0.821. The molecule has 3 aliphatic rings. The summed E-state index contributed by atoms with van der Waals surface area (Å²) in [4.78, 5) is 13.1. The molecule has 6 unspecified atom stereocenters. The molecule has 0 aromatic carbocycles. The number of hydrogen-bond acceptors (Lipinski definition) is 3. The number of ether oxygens (including phenoxy) is 1. The van der Waals surface area contributed by atoms with Gasteiger partial charge in [0, 0.05) is 5.41 Å². The van der Waals surface area contributed by atoms with Crippen LogP contribution in [0, 0.1) is 40.4 Å². The number of aliphatic hydroxyl groups excluding tert-OH is 1. The molecule has 0 bridgehead atoms. The molecule has 0 spiro atoms. The number of carbonyl (C=O) groups excluding carboxylic acids is 1. The average Bonchev–Trinajstić information content (AvgIpc) is 3.05. The summed E-state index contributed by atoms with van der Waals surface area (Å²) in [6, 6.07) is 0. The molecule has 7 atom stereocenters. The van der Waals surface area contributed by atoms with Gasteiger partial charge in [-0.15, -0.1) is 0 Å². The summed E-state index contributed by atoms with van der Waals surface area (Å²) in [7, 11) is 0. The van der Waals surface area contributed by atoms with Crippen LogP contribution in [0.1, 0.15) is 92.4 Å². The van der Waals surface area contributed by atoms with Gasteiger partial charge in [-0.2, -0.15) is 0 Å². The van der Waals surface area contributed by atoms with E-state index in [4.69, 9.17) is 4.74 Å². The van der Waals surface area contributed by atoms with Crippen molar-refractivity contribution in [3.63, 3.8) is 0 Å². The Morgan fingerprint density at radius 1 is 1.19 bits per heavy atom. The molecule has 3 rings (SSSR count). The SMILES string of the molecule is C=C(CCC(C)C1CC[C@H]2COC(=O)C3CC(O)CCC3(C)C(=C)CCC12C)C(C)C. The van der Waals surface area contributed by atoms with E-state index < -0.39 is 6.10 Å². The summed E-state index contributed by atoms with van der Waals surface area (Å²) in [5.74, 6) is 1.90. The number of hydrogen-bond donors (Lipinski definition) is 1. The second kappa shape index (κ2) is 9.41. The highest BCUT2D eigenvalue weighted by Gasteiger charge is 2.52. The lowest BCUT2D eigenvalue weighted by atomic mass is 9.59. The largest absolute Gasteiger partial charge is 0.465 e. The van der Waals surface area contributed by atoms with Crippen molar-refractivity contribution in [2.24, 2.45) is 40.4 Å². The molecule has 3 nitrogen and oxygen atoms in total. The lowest BCUT2D eigenvalue weighted by molar-refractivity contribution is -0.160. The molecular weight excluding hydrogens is 384 g/mol. The van der Waals surface area contributed by atoms with E-state index in [1.165, 1.54) is 24.0 Å². The molecule has 1 aliphatic heterocycles. The summed E-state index contributed by atoms with van der Waals surface area (Å²) < 4.78 is 5.98. The van der Waals surface area contributed by atoms with Crippen LogP contribution in [0.3, 0.4) is 0 Å². The first-order valence-electron chi connectivity index (χ1n) is 12.7. The minimum Gasteiger partial charge on any atom is -0.465 e. The number of carbonyl (C=O) groups is 1. The van der Waals surface area contributed by atoms with Gasteiger partial charge in [-0.1, -0.05) is 58.9 Å². The van der Waals surface area contributed by atoms with Crippen molar-refractivity contribution < 1.29 is 14.6 Å². The standard InChI is InChI=1S/C28H46O3/c1-18(2)19(3)8-9-20(4)24-11-10-22-17-31-26(30)25-16-23(29)13-15-27(25,6)21(5)12-14-28(22,24)7/h18,20,22-25,29H,3,5,8-17H2,1-2,4,6-7H3/t20?,22-,23?,24?,25?,27?,28?/m0/s1. The van der Waals surface area contributed by atoms with Crippen LogP contribution in [-0.4, -0.2) is 23.8 Å². The van der Waals surface area contributed by atoms with Crippen molar-refractivity contribution in [1.82, 2.24) is 0 Å². The number of fused-ring (bicyclic) bond motifs is 2. The van der Waals surface area contributed by atoms with Crippen LogP contribution in [0.5, 0.6) is 0 Å². The smallest absolute Gasteiger partial charge is 0.309 e. The summed E-state index contributed by atoms with van der Waals surface area (Å²) in [6.07, 6.45) is 8.45. The summed E-state index contributed by atoms with van der Waals surface area (Å²) in [6.45, 7) is 20.8. The number of cyclic esters (lactones) is 1. The molecule has 1 heterocycles. The Morgan fingerprint density at radius 3 is 2.58 bits per heavy atom. The molecule has 0 amide bonds. The maximum Gasteiger partial charge on any atom is 0.309 e. The summed E-state index contributed by atoms with van der Waals surface area (Å²) >= 11 is 0. The third-order valence-electron chi connectivity index (χ3n) is 9.79. The van der Waals surface area contributed by atoms with Crippen LogP contribution < -0.4 is 0 Å². The zero-order chi connectivity index (χ0) is 23.0. The molecule has 3 fully saturated rings. The normalized spacial score (nSPS) is 40.1. The Morgan fingerprint density at radius 2 is 1.90 bits per heavy atom. The maximum atomic E-state index is 13.1. The van der Waals surface area contributed by atoms with E-state index in [0.717, 1.165) is 38.5 Å². The minimum absolute atomic E-state index is 0.114. The van der Waals surface area contributed by atoms with Gasteiger partial charge in [-0.3, -0.25) is 4.79 Å². The van der Waals surface area contributed by atoms with E-state index in [9.17, 15) is 9.90 Å². The predicted molar refractivity (Wildman–Crippen MR) is 127 cm³/mol. The molecular formula is C28H46O3. The van der Waals surface area contributed by atoms with Crippen LogP contribution >= 0.6 is 0 Å². The van der Waals surface area contributed by atoms with Crippen LogP contribution in [0.15, 0.2) is 24.3 Å². The highest BCUT2D eigenvalue weighted by atomic mass is 16.5. The lowest BCUT2D eigenvalue weighted by Gasteiger charge is -2.47. The molecule has 31 heavy (non-hydrogen) atoms. The number of rotatable bonds is 5. The Bertz CT molecular complexity index is 694. The molecule has 2 saturated carbocycles. The Labute approximate surface area is 190 Å². The number of esters is 1. The van der Waals surface area contributed by atoms with E-state index in [2.05, 4.69) is 47.8 Å². The van der Waals surface area contributed by atoms with Gasteiger partial charge in [0.1, 0.15) is 0 Å². The van der Waals surface area contributed by atoms with Crippen molar-refractivity contribution in [3.8, 4) is 0 Å². The Hall–Kier alpha value is -1.09. The van der Waals surface area contributed by atoms with Gasteiger partial charge in [0.2, 0.25) is 0 Å². The van der Waals surface area contributed by atoms with Crippen molar-refractivity contribution in [1.29, 1.82) is 0 Å². The zero-order valence-electron chi connectivity index (χ0n) is 20.7. The van der Waals surface area contributed by atoms with Crippen LogP contribution in [0.25, 0.3) is 0 Å². The lowest BCUT2D eigenvalue weighted by Crippen LogP contribution is -2.45. The zero-order valence-corrected chi connectivity index (χ0v) is 20.7. The van der Waals surface area contributed by atoms with Crippen LogP contribution in [0.4, 0.5) is 0 Å². The monoisotopic (exact) mass is 430 g/mol. The molecule has 0 radical (unpaired) electrons. The van der Waals surface area contributed by atoms with Gasteiger partial charge >= 0.3 is 5.97 Å². The quantitative estimate of drug-likeness (QED) is 0.389. The van der Waals surface area contributed by atoms with Gasteiger partial charge in [0.15, 0.2) is 0 Å². The minimum atomic E-state index is -0.399. The van der Waals surface area contributed by atoms with Crippen molar-refractivity contribution in [3.05, 3.63) is 24.3 Å². The van der Waals surface area contributed by atoms with Crippen LogP contribution in [0.2, 0.25) is 0 Å². The molecule has 1 saturated heterocycles. The third-order valence-corrected chi connectivity index (χ3v) is 9.79. The van der Waals surface area contributed by atoms with Crippen molar-refractivity contribution in [2.75, 3.05) is 6.61 Å². The summed E-state index contributed by atoms with van der Waals surface area (Å²) in [5.41, 5.74) is 2.47. The van der Waals surface area contributed by atoms with Gasteiger partial charge in [-0.05, 0) is 86.9 Å². The van der Waals surface area contributed by atoms with E-state index >= 15 is 0 Å². The Kier molecular flexibility index (Phi) is 7.46. The molecule has 2 aliphatic carbocycles. The molecule has 0 aromatic rings. The molecule has 1 N–H and O–H groups in total. The maximum absolute atomic E-state index is 13.1. The number of allylic oxidation sites excluding steroid dienone is 2. The highest BCUT2D eigenvalue weighted by Crippen LogP contribution is 2.57. The highest BCUT2D eigenvalue weighted by molar-refractivity contribution is 5.74. The van der Waals surface area contributed by atoms with E-state index in [0.29, 0.717) is 36.7 Å². The topological polar surface area (TPSA) is 46.5 Å². The predicted octanol–water partition coefficient (Wildman–Crippen LogP) is 6.71. The van der Waals surface area contributed by atoms with Gasteiger partial charge in [0.05, 0.1) is 18.6 Å². The van der Waals surface area contributed by atoms with E-state index in [1.54, 1.807) is 0 Å². The third kappa shape index (κ3) is 4.82.